The van der Waals surface area contributed by atoms with Crippen LogP contribution >= 0.6 is 11.3 Å². The van der Waals surface area contributed by atoms with Crippen LogP contribution in [0.25, 0.3) is 11.3 Å². The Hall–Kier alpha value is -1.72. The van der Waals surface area contributed by atoms with Gasteiger partial charge in [-0.15, -0.1) is 11.3 Å². The van der Waals surface area contributed by atoms with Gasteiger partial charge in [-0.1, -0.05) is 56.5 Å². The summed E-state index contributed by atoms with van der Waals surface area (Å²) in [6.45, 7) is 4.21. The number of nitrogens with zero attached hydrogens (tertiary/aromatic N) is 2. The third-order valence-electron chi connectivity index (χ3n) is 5.93. The van der Waals surface area contributed by atoms with Gasteiger partial charge >= 0.3 is 0 Å². The van der Waals surface area contributed by atoms with Crippen molar-refractivity contribution in [3.63, 3.8) is 0 Å². The van der Waals surface area contributed by atoms with Gasteiger partial charge in [0.15, 0.2) is 5.01 Å². The number of carbonyl (C=O) groups is 1. The fourth-order valence-corrected chi connectivity index (χ4v) is 5.51. The number of hydrogen-bond donors (Lipinski definition) is 1. The topological polar surface area (TPSA) is 45.2 Å². The van der Waals surface area contributed by atoms with E-state index >= 15 is 0 Å². The molecule has 1 N–H and O–H groups in total. The molecule has 144 valence electrons. The molecule has 1 saturated heterocycles. The Kier molecular flexibility index (Phi) is 5.89. The van der Waals surface area contributed by atoms with Crippen molar-refractivity contribution < 1.29 is 4.79 Å². The molecule has 2 fully saturated rings. The van der Waals surface area contributed by atoms with E-state index in [-0.39, 0.29) is 5.91 Å². The van der Waals surface area contributed by atoms with Crippen LogP contribution in [0.15, 0.2) is 30.3 Å². The molecular weight excluding hydrogens is 354 g/mol. The molecule has 0 bridgehead atoms. The zero-order valence-corrected chi connectivity index (χ0v) is 16.9. The van der Waals surface area contributed by atoms with Crippen LogP contribution in [0.2, 0.25) is 0 Å². The molecule has 1 aliphatic carbocycles. The normalized spacial score (nSPS) is 22.1. The number of aryl methyl sites for hydroxylation is 1. The number of unbranched alkanes of at least 4 members (excludes halogenated alkanes) is 2. The van der Waals surface area contributed by atoms with Gasteiger partial charge < -0.3 is 0 Å². The Morgan fingerprint density at radius 1 is 1.19 bits per heavy atom. The quantitative estimate of drug-likeness (QED) is 0.690. The number of rotatable bonds is 7. The van der Waals surface area contributed by atoms with Gasteiger partial charge in [0.1, 0.15) is 0 Å². The molecule has 2 unspecified atom stereocenters. The predicted molar refractivity (Wildman–Crippen MR) is 111 cm³/mol. The molecule has 2 heterocycles. The number of amides is 1. The van der Waals surface area contributed by atoms with E-state index in [1.807, 2.05) is 18.2 Å². The van der Waals surface area contributed by atoms with Gasteiger partial charge in [0, 0.05) is 23.5 Å². The van der Waals surface area contributed by atoms with Crippen molar-refractivity contribution in [1.82, 2.24) is 15.4 Å². The maximum atomic E-state index is 12.8. The van der Waals surface area contributed by atoms with Crippen molar-refractivity contribution >= 4 is 17.2 Å². The van der Waals surface area contributed by atoms with E-state index < -0.39 is 0 Å². The molecule has 1 aliphatic heterocycles. The molecule has 27 heavy (non-hydrogen) atoms. The van der Waals surface area contributed by atoms with Gasteiger partial charge in [-0.2, -0.15) is 0 Å². The van der Waals surface area contributed by atoms with Gasteiger partial charge in [-0.05, 0) is 37.5 Å². The Morgan fingerprint density at radius 3 is 2.63 bits per heavy atom. The van der Waals surface area contributed by atoms with Crippen LogP contribution in [-0.2, 0) is 6.42 Å². The molecule has 0 radical (unpaired) electrons. The standard InChI is InChI=1S/C22H29N3OS/c1-2-3-5-13-19-20(16-9-6-4-7-10-16)23-22(27-19)21(26)24-25-14-17-11-8-12-18(17)15-25/h4,6-7,9-10,17-18H,2-3,5,8,11-15H2,1H3,(H,24,26). The first-order chi connectivity index (χ1) is 13.2. The summed E-state index contributed by atoms with van der Waals surface area (Å²) in [5.74, 6) is 1.50. The lowest BCUT2D eigenvalue weighted by molar-refractivity contribution is 0.0814. The summed E-state index contributed by atoms with van der Waals surface area (Å²) < 4.78 is 0. The van der Waals surface area contributed by atoms with Crippen LogP contribution in [0.5, 0.6) is 0 Å². The number of aromatic nitrogens is 1. The fraction of sp³-hybridized carbons (Fsp3) is 0.545. The molecule has 0 spiro atoms. The monoisotopic (exact) mass is 383 g/mol. The lowest BCUT2D eigenvalue weighted by Gasteiger charge is -2.17. The Labute approximate surface area is 166 Å². The summed E-state index contributed by atoms with van der Waals surface area (Å²) in [5.41, 5.74) is 5.22. The second-order valence-corrected chi connectivity index (χ2v) is 8.99. The number of thiazole rings is 1. The van der Waals surface area contributed by atoms with E-state index in [1.165, 1.54) is 37.0 Å². The molecular formula is C22H29N3OS. The van der Waals surface area contributed by atoms with Gasteiger partial charge in [0.05, 0.1) is 5.69 Å². The molecule has 5 heteroatoms. The third-order valence-corrected chi connectivity index (χ3v) is 7.05. The van der Waals surface area contributed by atoms with E-state index in [9.17, 15) is 4.79 Å². The Balaban J connectivity index is 1.49. The van der Waals surface area contributed by atoms with Crippen LogP contribution in [-0.4, -0.2) is 29.0 Å². The van der Waals surface area contributed by atoms with Crippen LogP contribution in [0.3, 0.4) is 0 Å². The first-order valence-electron chi connectivity index (χ1n) is 10.4. The van der Waals surface area contributed by atoms with Crippen LogP contribution < -0.4 is 5.43 Å². The Morgan fingerprint density at radius 2 is 1.93 bits per heavy atom. The van der Waals surface area contributed by atoms with Gasteiger partial charge in [-0.25, -0.2) is 9.99 Å². The van der Waals surface area contributed by atoms with E-state index in [4.69, 9.17) is 4.98 Å². The highest BCUT2D eigenvalue weighted by Crippen LogP contribution is 2.37. The lowest BCUT2D eigenvalue weighted by Crippen LogP contribution is -2.41. The predicted octanol–water partition coefficient (Wildman–Crippen LogP) is 4.92. The summed E-state index contributed by atoms with van der Waals surface area (Å²) >= 11 is 1.57. The minimum Gasteiger partial charge on any atom is -0.283 e. The number of hydrazine groups is 1. The van der Waals surface area contributed by atoms with Crippen molar-refractivity contribution in [3.8, 4) is 11.3 Å². The van der Waals surface area contributed by atoms with Crippen molar-refractivity contribution in [2.75, 3.05) is 13.1 Å². The minimum atomic E-state index is -0.0427. The highest BCUT2D eigenvalue weighted by molar-refractivity contribution is 7.14. The van der Waals surface area contributed by atoms with Crippen molar-refractivity contribution in [2.45, 2.75) is 51.9 Å². The number of hydrogen-bond acceptors (Lipinski definition) is 4. The first-order valence-corrected chi connectivity index (χ1v) is 11.2. The maximum absolute atomic E-state index is 12.8. The molecule has 2 atom stereocenters. The van der Waals surface area contributed by atoms with E-state index in [0.717, 1.165) is 49.0 Å². The van der Waals surface area contributed by atoms with Crippen LogP contribution in [0.1, 0.15) is 60.1 Å². The van der Waals surface area contributed by atoms with E-state index in [0.29, 0.717) is 5.01 Å². The number of fused-ring (bicyclic) bond motifs is 1. The zero-order valence-electron chi connectivity index (χ0n) is 16.1. The van der Waals surface area contributed by atoms with Crippen molar-refractivity contribution in [3.05, 3.63) is 40.2 Å². The molecule has 1 amide bonds. The molecule has 2 aliphatic rings. The third kappa shape index (κ3) is 4.25. The van der Waals surface area contributed by atoms with Crippen LogP contribution in [0.4, 0.5) is 0 Å². The second-order valence-electron chi connectivity index (χ2n) is 7.91. The highest BCUT2D eigenvalue weighted by atomic mass is 32.1. The summed E-state index contributed by atoms with van der Waals surface area (Å²) in [6, 6.07) is 10.3. The summed E-state index contributed by atoms with van der Waals surface area (Å²) in [6.07, 6.45) is 8.54. The minimum absolute atomic E-state index is 0.0427. The fourth-order valence-electron chi connectivity index (χ4n) is 4.49. The summed E-state index contributed by atoms with van der Waals surface area (Å²) in [4.78, 5) is 18.8. The first kappa shape index (κ1) is 18.6. The second kappa shape index (κ2) is 8.53. The molecule has 4 rings (SSSR count). The SMILES string of the molecule is CCCCCc1sc(C(=O)NN2CC3CCCC3C2)nc1-c1ccccc1. The molecule has 1 saturated carbocycles. The maximum Gasteiger partial charge on any atom is 0.294 e. The van der Waals surface area contributed by atoms with E-state index in [2.05, 4.69) is 29.5 Å². The average Bonchev–Trinajstić information content (AvgIpc) is 3.37. The number of nitrogens with one attached hydrogen (secondary N) is 1. The van der Waals surface area contributed by atoms with Crippen molar-refractivity contribution in [2.24, 2.45) is 11.8 Å². The smallest absolute Gasteiger partial charge is 0.283 e. The summed E-state index contributed by atoms with van der Waals surface area (Å²) in [5, 5.41) is 2.72. The van der Waals surface area contributed by atoms with Gasteiger partial charge in [0.2, 0.25) is 0 Å². The zero-order chi connectivity index (χ0) is 18.6. The largest absolute Gasteiger partial charge is 0.294 e. The number of carbonyl (C=O) groups excluding carboxylic acids is 1. The Bertz CT molecular complexity index is 761. The highest BCUT2D eigenvalue weighted by Gasteiger charge is 2.37. The summed E-state index contributed by atoms with van der Waals surface area (Å²) in [7, 11) is 0. The molecule has 1 aromatic heterocycles. The van der Waals surface area contributed by atoms with Crippen molar-refractivity contribution in [1.29, 1.82) is 0 Å². The molecule has 1 aromatic carbocycles. The van der Waals surface area contributed by atoms with Crippen LogP contribution in [0, 0.1) is 11.8 Å². The van der Waals surface area contributed by atoms with E-state index in [1.54, 1.807) is 11.3 Å². The average molecular weight is 384 g/mol. The molecule has 4 nitrogen and oxygen atoms in total. The lowest BCUT2D eigenvalue weighted by atomic mass is 10.0. The van der Waals surface area contributed by atoms with Gasteiger partial charge in [0.25, 0.3) is 5.91 Å². The van der Waals surface area contributed by atoms with Gasteiger partial charge in [-0.3, -0.25) is 10.2 Å². The molecule has 2 aromatic rings. The number of benzene rings is 1.